The third-order valence-corrected chi connectivity index (χ3v) is 2.75. The summed E-state index contributed by atoms with van der Waals surface area (Å²) >= 11 is 0. The summed E-state index contributed by atoms with van der Waals surface area (Å²) in [5.41, 5.74) is 0.716. The molecule has 1 aromatic rings. The predicted molar refractivity (Wildman–Crippen MR) is 69.6 cm³/mol. The van der Waals surface area contributed by atoms with Crippen molar-refractivity contribution in [3.63, 3.8) is 0 Å². The number of rotatable bonds is 4. The van der Waals surface area contributed by atoms with Crippen LogP contribution >= 0.6 is 0 Å². The molecular weight excluding hydrogens is 244 g/mol. The summed E-state index contributed by atoms with van der Waals surface area (Å²) in [4.78, 5) is 38.4. The molecule has 2 rings (SSSR count). The van der Waals surface area contributed by atoms with Crippen molar-refractivity contribution in [3.8, 4) is 0 Å². The molecule has 1 heterocycles. The van der Waals surface area contributed by atoms with E-state index in [1.54, 1.807) is 49.5 Å². The molecule has 0 fully saturated rings. The molecule has 1 aromatic carbocycles. The molecule has 98 valence electrons. The Balaban J connectivity index is 2.15. The molecule has 0 N–H and O–H groups in total. The van der Waals surface area contributed by atoms with Gasteiger partial charge in [-0.15, -0.1) is 0 Å². The summed E-state index contributed by atoms with van der Waals surface area (Å²) in [6.45, 7) is -0.226. The van der Waals surface area contributed by atoms with Crippen molar-refractivity contribution >= 4 is 17.6 Å². The van der Waals surface area contributed by atoms with Crippen molar-refractivity contribution in [1.82, 2.24) is 9.80 Å². The SMILES string of the molecule is CN(C)/C=C/C(=O)CN1C(=O)c2ccccc2C1=O. The van der Waals surface area contributed by atoms with Gasteiger partial charge in [0.05, 0.1) is 17.7 Å². The largest absolute Gasteiger partial charge is 0.383 e. The first-order valence-electron chi connectivity index (χ1n) is 5.83. The zero-order valence-electron chi connectivity index (χ0n) is 10.8. The Hall–Kier alpha value is -2.43. The lowest BCUT2D eigenvalue weighted by Gasteiger charge is -2.11. The molecule has 1 aliphatic heterocycles. The van der Waals surface area contributed by atoms with Gasteiger partial charge in [0.15, 0.2) is 5.78 Å². The van der Waals surface area contributed by atoms with Gasteiger partial charge in [-0.25, -0.2) is 0 Å². The molecule has 0 radical (unpaired) electrons. The zero-order chi connectivity index (χ0) is 14.0. The van der Waals surface area contributed by atoms with Gasteiger partial charge in [-0.1, -0.05) is 12.1 Å². The standard InChI is InChI=1S/C14H14N2O3/c1-15(2)8-7-10(17)9-16-13(18)11-5-3-4-6-12(11)14(16)19/h3-8H,9H2,1-2H3/b8-7+. The molecule has 0 aromatic heterocycles. The molecular formula is C14H14N2O3. The quantitative estimate of drug-likeness (QED) is 0.595. The van der Waals surface area contributed by atoms with Gasteiger partial charge in [-0.3, -0.25) is 19.3 Å². The van der Waals surface area contributed by atoms with Crippen molar-refractivity contribution in [1.29, 1.82) is 0 Å². The van der Waals surface area contributed by atoms with E-state index in [-0.39, 0.29) is 12.3 Å². The van der Waals surface area contributed by atoms with E-state index in [9.17, 15) is 14.4 Å². The third kappa shape index (κ3) is 2.54. The van der Waals surface area contributed by atoms with Crippen LogP contribution in [-0.2, 0) is 4.79 Å². The van der Waals surface area contributed by atoms with E-state index in [2.05, 4.69) is 0 Å². The van der Waals surface area contributed by atoms with Crippen LogP contribution in [0, 0.1) is 0 Å². The highest BCUT2D eigenvalue weighted by atomic mass is 16.2. The number of ketones is 1. The summed E-state index contributed by atoms with van der Waals surface area (Å²) < 4.78 is 0. The number of hydrogen-bond donors (Lipinski definition) is 0. The van der Waals surface area contributed by atoms with Gasteiger partial charge in [0.1, 0.15) is 0 Å². The van der Waals surface area contributed by atoms with Crippen LogP contribution in [0.5, 0.6) is 0 Å². The summed E-state index contributed by atoms with van der Waals surface area (Å²) in [7, 11) is 3.57. The minimum absolute atomic E-state index is 0.226. The van der Waals surface area contributed by atoms with E-state index in [0.29, 0.717) is 11.1 Å². The van der Waals surface area contributed by atoms with Crippen LogP contribution in [0.2, 0.25) is 0 Å². The zero-order valence-corrected chi connectivity index (χ0v) is 10.8. The highest BCUT2D eigenvalue weighted by molar-refractivity contribution is 6.22. The Labute approximate surface area is 111 Å². The molecule has 0 bridgehead atoms. The van der Waals surface area contributed by atoms with Gasteiger partial charge in [-0.05, 0) is 18.2 Å². The number of amides is 2. The van der Waals surface area contributed by atoms with Gasteiger partial charge < -0.3 is 4.90 Å². The van der Waals surface area contributed by atoms with Crippen molar-refractivity contribution < 1.29 is 14.4 Å². The second-order valence-corrected chi connectivity index (χ2v) is 4.49. The monoisotopic (exact) mass is 258 g/mol. The van der Waals surface area contributed by atoms with E-state index in [4.69, 9.17) is 0 Å². The number of fused-ring (bicyclic) bond motifs is 1. The number of carbonyl (C=O) groups excluding carboxylic acids is 3. The fourth-order valence-electron chi connectivity index (χ4n) is 1.82. The minimum atomic E-state index is -0.410. The van der Waals surface area contributed by atoms with E-state index in [0.717, 1.165) is 4.90 Å². The lowest BCUT2D eigenvalue weighted by molar-refractivity contribution is -0.115. The van der Waals surface area contributed by atoms with Crippen LogP contribution in [0.3, 0.4) is 0 Å². The molecule has 0 spiro atoms. The van der Waals surface area contributed by atoms with E-state index < -0.39 is 11.8 Å². The first-order valence-corrected chi connectivity index (χ1v) is 5.83. The average Bonchev–Trinajstić information content (AvgIpc) is 2.62. The Bertz CT molecular complexity index is 541. The van der Waals surface area contributed by atoms with Gasteiger partial charge in [0.2, 0.25) is 0 Å². The number of imide groups is 1. The molecule has 2 amide bonds. The summed E-state index contributed by atoms with van der Waals surface area (Å²) in [5, 5.41) is 0. The van der Waals surface area contributed by atoms with Crippen LogP contribution in [-0.4, -0.2) is 48.0 Å². The minimum Gasteiger partial charge on any atom is -0.383 e. The van der Waals surface area contributed by atoms with E-state index in [1.807, 2.05) is 0 Å². The Morgan fingerprint density at radius 3 is 2.16 bits per heavy atom. The summed E-state index contributed by atoms with van der Waals surface area (Å²) in [5.74, 6) is -1.11. The van der Waals surface area contributed by atoms with Gasteiger partial charge >= 0.3 is 0 Å². The third-order valence-electron chi connectivity index (χ3n) is 2.75. The fourth-order valence-corrected chi connectivity index (χ4v) is 1.82. The molecule has 0 aliphatic carbocycles. The number of carbonyl (C=O) groups is 3. The highest BCUT2D eigenvalue weighted by Crippen LogP contribution is 2.21. The molecule has 1 aliphatic rings. The van der Waals surface area contributed by atoms with Crippen LogP contribution < -0.4 is 0 Å². The van der Waals surface area contributed by atoms with E-state index >= 15 is 0 Å². The van der Waals surface area contributed by atoms with Crippen LogP contribution in [0.25, 0.3) is 0 Å². The van der Waals surface area contributed by atoms with Crippen molar-refractivity contribution in [2.45, 2.75) is 0 Å². The van der Waals surface area contributed by atoms with Crippen LogP contribution in [0.15, 0.2) is 36.5 Å². The predicted octanol–water partition coefficient (Wildman–Crippen LogP) is 0.927. The number of hydrogen-bond acceptors (Lipinski definition) is 4. The maximum Gasteiger partial charge on any atom is 0.261 e. The van der Waals surface area contributed by atoms with Gasteiger partial charge in [-0.2, -0.15) is 0 Å². The molecule has 5 heteroatoms. The van der Waals surface area contributed by atoms with E-state index in [1.165, 1.54) is 6.08 Å². The first kappa shape index (κ1) is 13.0. The smallest absolute Gasteiger partial charge is 0.261 e. The highest BCUT2D eigenvalue weighted by Gasteiger charge is 2.35. The lowest BCUT2D eigenvalue weighted by Crippen LogP contribution is -2.34. The van der Waals surface area contributed by atoms with Gasteiger partial charge in [0, 0.05) is 20.3 Å². The average molecular weight is 258 g/mol. The first-order chi connectivity index (χ1) is 9.00. The topological polar surface area (TPSA) is 57.7 Å². The molecule has 19 heavy (non-hydrogen) atoms. The molecule has 5 nitrogen and oxygen atoms in total. The molecule has 0 atom stereocenters. The number of benzene rings is 1. The fraction of sp³-hybridized carbons (Fsp3) is 0.214. The van der Waals surface area contributed by atoms with Crippen LogP contribution in [0.1, 0.15) is 20.7 Å². The molecule has 0 unspecified atom stereocenters. The van der Waals surface area contributed by atoms with Crippen molar-refractivity contribution in [2.24, 2.45) is 0 Å². The summed E-state index contributed by atoms with van der Waals surface area (Å²) in [6, 6.07) is 6.58. The second kappa shape index (κ2) is 5.06. The normalized spacial score (nSPS) is 14.1. The number of nitrogens with zero attached hydrogens (tertiary/aromatic N) is 2. The lowest BCUT2D eigenvalue weighted by atomic mass is 10.1. The van der Waals surface area contributed by atoms with Crippen LogP contribution in [0.4, 0.5) is 0 Å². The maximum atomic E-state index is 12.0. The molecule has 0 saturated heterocycles. The Morgan fingerprint density at radius 1 is 1.16 bits per heavy atom. The van der Waals surface area contributed by atoms with Crippen molar-refractivity contribution in [3.05, 3.63) is 47.7 Å². The van der Waals surface area contributed by atoms with Gasteiger partial charge in [0.25, 0.3) is 11.8 Å². The Kier molecular flexibility index (Phi) is 3.46. The second-order valence-electron chi connectivity index (χ2n) is 4.49. The molecule has 0 saturated carbocycles. The van der Waals surface area contributed by atoms with Crippen molar-refractivity contribution in [2.75, 3.05) is 20.6 Å². The maximum absolute atomic E-state index is 12.0. The summed E-state index contributed by atoms with van der Waals surface area (Å²) in [6.07, 6.45) is 2.93. The Morgan fingerprint density at radius 2 is 1.68 bits per heavy atom.